The number of benzene rings is 1. The van der Waals surface area contributed by atoms with Crippen molar-refractivity contribution in [3.05, 3.63) is 29.0 Å². The molecule has 1 aliphatic heterocycles. The molecule has 0 bridgehead atoms. The highest BCUT2D eigenvalue weighted by molar-refractivity contribution is 7.89. The summed E-state index contributed by atoms with van der Waals surface area (Å²) in [7, 11) is -3.65. The van der Waals surface area contributed by atoms with Crippen LogP contribution in [0.15, 0.2) is 23.1 Å². The Bertz CT molecular complexity index is 577. The summed E-state index contributed by atoms with van der Waals surface area (Å²) in [6.07, 6.45) is 0.703. The van der Waals surface area contributed by atoms with Gasteiger partial charge in [0.1, 0.15) is 5.82 Å². The minimum atomic E-state index is -3.65. The van der Waals surface area contributed by atoms with Crippen LogP contribution in [0, 0.1) is 5.82 Å². The van der Waals surface area contributed by atoms with E-state index in [1.54, 1.807) is 0 Å². The first-order valence-corrected chi connectivity index (χ1v) is 8.60. The predicted octanol–water partition coefficient (Wildman–Crippen LogP) is 1.48. The van der Waals surface area contributed by atoms with Crippen molar-refractivity contribution in [1.82, 2.24) is 9.62 Å². The van der Waals surface area contributed by atoms with E-state index in [-0.39, 0.29) is 9.92 Å². The van der Waals surface area contributed by atoms with Crippen LogP contribution >= 0.6 is 11.6 Å². The molecule has 8 heteroatoms. The second kappa shape index (κ2) is 7.51. The summed E-state index contributed by atoms with van der Waals surface area (Å²) < 4.78 is 44.8. The Morgan fingerprint density at radius 2 is 2.05 bits per heavy atom. The van der Waals surface area contributed by atoms with Gasteiger partial charge in [-0.1, -0.05) is 11.6 Å². The quantitative estimate of drug-likeness (QED) is 0.799. The Labute approximate surface area is 129 Å². The number of ether oxygens (including phenoxy) is 1. The molecule has 1 fully saturated rings. The number of rotatable bonds is 6. The number of halogens is 2. The van der Waals surface area contributed by atoms with Crippen molar-refractivity contribution in [3.8, 4) is 0 Å². The van der Waals surface area contributed by atoms with Gasteiger partial charge in [-0.05, 0) is 31.2 Å². The Morgan fingerprint density at radius 1 is 1.33 bits per heavy atom. The van der Waals surface area contributed by atoms with E-state index in [1.165, 1.54) is 6.07 Å². The number of nitrogens with zero attached hydrogens (tertiary/aromatic N) is 1. The van der Waals surface area contributed by atoms with Crippen LogP contribution in [0.3, 0.4) is 0 Å². The van der Waals surface area contributed by atoms with Gasteiger partial charge >= 0.3 is 0 Å². The summed E-state index contributed by atoms with van der Waals surface area (Å²) in [6.45, 7) is 4.34. The van der Waals surface area contributed by atoms with Crippen LogP contribution in [0.2, 0.25) is 5.02 Å². The molecule has 1 N–H and O–H groups in total. The van der Waals surface area contributed by atoms with Gasteiger partial charge in [-0.2, -0.15) is 0 Å². The molecule has 1 saturated heterocycles. The summed E-state index contributed by atoms with van der Waals surface area (Å²) >= 11 is 5.60. The summed E-state index contributed by atoms with van der Waals surface area (Å²) in [4.78, 5) is 2.20. The lowest BCUT2D eigenvalue weighted by molar-refractivity contribution is 0.0376. The second-order valence-corrected chi connectivity index (χ2v) is 6.96. The van der Waals surface area contributed by atoms with Crippen LogP contribution in [0.1, 0.15) is 6.42 Å². The van der Waals surface area contributed by atoms with Crippen molar-refractivity contribution in [2.75, 3.05) is 39.4 Å². The molecular formula is C13H18ClFN2O3S. The Hall–Kier alpha value is -0.730. The summed E-state index contributed by atoms with van der Waals surface area (Å²) in [5.74, 6) is -0.636. The molecule has 5 nitrogen and oxygen atoms in total. The lowest BCUT2D eigenvalue weighted by Crippen LogP contribution is -2.38. The van der Waals surface area contributed by atoms with Gasteiger partial charge in [0.05, 0.1) is 23.1 Å². The van der Waals surface area contributed by atoms with Crippen LogP contribution in [0.4, 0.5) is 4.39 Å². The van der Waals surface area contributed by atoms with Crippen LogP contribution in [0.25, 0.3) is 0 Å². The number of nitrogens with one attached hydrogen (secondary N) is 1. The summed E-state index contributed by atoms with van der Waals surface area (Å²) in [6, 6.07) is 3.36. The average molecular weight is 337 g/mol. The van der Waals surface area contributed by atoms with E-state index >= 15 is 0 Å². The van der Waals surface area contributed by atoms with E-state index in [2.05, 4.69) is 9.62 Å². The molecule has 118 valence electrons. The fourth-order valence-corrected chi connectivity index (χ4v) is 3.41. The Balaban J connectivity index is 1.82. The van der Waals surface area contributed by atoms with Crippen LogP contribution < -0.4 is 4.72 Å². The molecule has 0 atom stereocenters. The molecule has 0 unspecified atom stereocenters. The first kappa shape index (κ1) is 16.6. The highest BCUT2D eigenvalue weighted by Gasteiger charge is 2.16. The van der Waals surface area contributed by atoms with E-state index in [9.17, 15) is 12.8 Å². The molecule has 1 aromatic rings. The number of hydrogen-bond acceptors (Lipinski definition) is 4. The zero-order valence-electron chi connectivity index (χ0n) is 11.5. The third-order valence-electron chi connectivity index (χ3n) is 3.25. The van der Waals surface area contributed by atoms with Crippen molar-refractivity contribution >= 4 is 21.6 Å². The van der Waals surface area contributed by atoms with E-state index in [4.69, 9.17) is 16.3 Å². The number of hydrogen-bond donors (Lipinski definition) is 1. The van der Waals surface area contributed by atoms with Gasteiger partial charge in [-0.25, -0.2) is 17.5 Å². The smallest absolute Gasteiger partial charge is 0.240 e. The molecule has 0 amide bonds. The maximum Gasteiger partial charge on any atom is 0.240 e. The van der Waals surface area contributed by atoms with Crippen molar-refractivity contribution in [2.45, 2.75) is 11.3 Å². The zero-order valence-corrected chi connectivity index (χ0v) is 13.1. The highest BCUT2D eigenvalue weighted by Crippen LogP contribution is 2.19. The maximum atomic E-state index is 13.0. The van der Waals surface area contributed by atoms with E-state index in [0.717, 1.165) is 45.0 Å². The molecule has 0 radical (unpaired) electrons. The van der Waals surface area contributed by atoms with Crippen molar-refractivity contribution in [2.24, 2.45) is 0 Å². The molecular weight excluding hydrogens is 319 g/mol. The van der Waals surface area contributed by atoms with Crippen LogP contribution in [0.5, 0.6) is 0 Å². The fourth-order valence-electron chi connectivity index (χ4n) is 2.06. The molecule has 21 heavy (non-hydrogen) atoms. The monoisotopic (exact) mass is 336 g/mol. The molecule has 1 heterocycles. The highest BCUT2D eigenvalue weighted by atomic mass is 35.5. The van der Waals surface area contributed by atoms with Gasteiger partial charge in [0, 0.05) is 19.6 Å². The van der Waals surface area contributed by atoms with Gasteiger partial charge in [-0.15, -0.1) is 0 Å². The van der Waals surface area contributed by atoms with Gasteiger partial charge in [0.25, 0.3) is 0 Å². The van der Waals surface area contributed by atoms with Crippen molar-refractivity contribution < 1.29 is 17.5 Å². The minimum absolute atomic E-state index is 0.0275. The van der Waals surface area contributed by atoms with Gasteiger partial charge in [-0.3, -0.25) is 4.90 Å². The third-order valence-corrected chi connectivity index (χ3v) is 5.00. The maximum absolute atomic E-state index is 13.0. The first-order valence-electron chi connectivity index (χ1n) is 6.74. The Kier molecular flexibility index (Phi) is 5.95. The SMILES string of the molecule is O=S(=O)(NCCCN1CCOCC1)c1ccc(F)c(Cl)c1. The average Bonchev–Trinajstić information content (AvgIpc) is 2.47. The normalized spacial score (nSPS) is 17.0. The minimum Gasteiger partial charge on any atom is -0.379 e. The van der Waals surface area contributed by atoms with Crippen LogP contribution in [-0.2, 0) is 14.8 Å². The van der Waals surface area contributed by atoms with E-state index < -0.39 is 15.8 Å². The lowest BCUT2D eigenvalue weighted by atomic mass is 10.3. The summed E-state index contributed by atoms with van der Waals surface area (Å²) in [5, 5.41) is -0.203. The first-order chi connectivity index (χ1) is 9.99. The van der Waals surface area contributed by atoms with Crippen molar-refractivity contribution in [3.63, 3.8) is 0 Å². The third kappa shape index (κ3) is 4.89. The topological polar surface area (TPSA) is 58.6 Å². The van der Waals surface area contributed by atoms with Gasteiger partial charge in [0.15, 0.2) is 0 Å². The summed E-state index contributed by atoms with van der Waals surface area (Å²) in [5.41, 5.74) is 0. The number of morpholine rings is 1. The molecule has 0 aliphatic carbocycles. The molecule has 0 aromatic heterocycles. The zero-order chi connectivity index (χ0) is 15.3. The predicted molar refractivity (Wildman–Crippen MR) is 78.5 cm³/mol. The number of sulfonamides is 1. The van der Waals surface area contributed by atoms with E-state index in [1.807, 2.05) is 0 Å². The largest absolute Gasteiger partial charge is 0.379 e. The standard InChI is InChI=1S/C13H18ClFN2O3S/c14-12-10-11(2-3-13(12)15)21(18,19)16-4-1-5-17-6-8-20-9-7-17/h2-3,10,16H,1,4-9H2. The molecule has 2 rings (SSSR count). The molecule has 1 aliphatic rings. The van der Waals surface area contributed by atoms with Gasteiger partial charge in [0.2, 0.25) is 10.0 Å². The van der Waals surface area contributed by atoms with Gasteiger partial charge < -0.3 is 4.74 Å². The lowest BCUT2D eigenvalue weighted by Gasteiger charge is -2.26. The van der Waals surface area contributed by atoms with Crippen LogP contribution in [-0.4, -0.2) is 52.7 Å². The molecule has 0 spiro atoms. The second-order valence-electron chi connectivity index (χ2n) is 4.78. The van der Waals surface area contributed by atoms with E-state index in [0.29, 0.717) is 13.0 Å². The van der Waals surface area contributed by atoms with Crippen molar-refractivity contribution in [1.29, 1.82) is 0 Å². The fraction of sp³-hybridized carbons (Fsp3) is 0.538. The molecule has 0 saturated carbocycles. The molecule has 1 aromatic carbocycles. The Morgan fingerprint density at radius 3 is 2.71 bits per heavy atom.